The fraction of sp³-hybridized carbons (Fsp3) is 0.214. The third-order valence-electron chi connectivity index (χ3n) is 2.84. The molecule has 0 aliphatic rings. The van der Waals surface area contributed by atoms with Gasteiger partial charge in [-0.25, -0.2) is 4.98 Å². The third kappa shape index (κ3) is 2.30. The minimum Gasteiger partial charge on any atom is -0.464 e. The highest BCUT2D eigenvalue weighted by Gasteiger charge is 2.04. The third-order valence-corrected chi connectivity index (χ3v) is 3.76. The summed E-state index contributed by atoms with van der Waals surface area (Å²) in [5, 5.41) is 5.72. The van der Waals surface area contributed by atoms with E-state index in [9.17, 15) is 0 Å². The summed E-state index contributed by atoms with van der Waals surface area (Å²) in [4.78, 5) is 5.51. The lowest BCUT2D eigenvalue weighted by Gasteiger charge is -2.00. The van der Waals surface area contributed by atoms with E-state index in [-0.39, 0.29) is 0 Å². The van der Waals surface area contributed by atoms with Crippen molar-refractivity contribution in [2.24, 2.45) is 0 Å². The standard InChI is InChI=1S/C14H14N2OS/c1-10-16-8-12(18-10)7-15-6-11-9-17-14-5-3-2-4-13(11)14/h2-5,8-9,15H,6-7H2,1H3. The summed E-state index contributed by atoms with van der Waals surface area (Å²) in [7, 11) is 0. The Balaban J connectivity index is 1.66. The largest absolute Gasteiger partial charge is 0.464 e. The Morgan fingerprint density at radius 3 is 3.00 bits per heavy atom. The van der Waals surface area contributed by atoms with Gasteiger partial charge in [0, 0.05) is 35.1 Å². The van der Waals surface area contributed by atoms with E-state index in [1.807, 2.05) is 37.6 Å². The number of fused-ring (bicyclic) bond motifs is 1. The monoisotopic (exact) mass is 258 g/mol. The van der Waals surface area contributed by atoms with Gasteiger partial charge >= 0.3 is 0 Å². The van der Waals surface area contributed by atoms with E-state index < -0.39 is 0 Å². The Morgan fingerprint density at radius 2 is 2.17 bits per heavy atom. The molecule has 0 saturated heterocycles. The van der Waals surface area contributed by atoms with E-state index in [0.29, 0.717) is 0 Å². The van der Waals surface area contributed by atoms with Gasteiger partial charge in [0.05, 0.1) is 11.3 Å². The van der Waals surface area contributed by atoms with Crippen LogP contribution < -0.4 is 5.32 Å². The van der Waals surface area contributed by atoms with Crippen molar-refractivity contribution in [1.82, 2.24) is 10.3 Å². The quantitative estimate of drug-likeness (QED) is 0.778. The molecule has 0 amide bonds. The first-order valence-electron chi connectivity index (χ1n) is 5.90. The fourth-order valence-corrected chi connectivity index (χ4v) is 2.74. The van der Waals surface area contributed by atoms with E-state index >= 15 is 0 Å². The van der Waals surface area contributed by atoms with Gasteiger partial charge in [0.25, 0.3) is 0 Å². The van der Waals surface area contributed by atoms with Gasteiger partial charge in [-0.15, -0.1) is 11.3 Å². The van der Waals surface area contributed by atoms with Gasteiger partial charge in [-0.05, 0) is 13.0 Å². The second-order valence-corrected chi connectivity index (χ2v) is 5.53. The molecule has 4 heteroatoms. The fourth-order valence-electron chi connectivity index (χ4n) is 1.98. The lowest BCUT2D eigenvalue weighted by Crippen LogP contribution is -2.11. The molecule has 0 unspecified atom stereocenters. The van der Waals surface area contributed by atoms with Crippen LogP contribution in [-0.4, -0.2) is 4.98 Å². The van der Waals surface area contributed by atoms with Crippen molar-refractivity contribution in [3.8, 4) is 0 Å². The summed E-state index contributed by atoms with van der Waals surface area (Å²) in [5.41, 5.74) is 2.15. The van der Waals surface area contributed by atoms with Crippen molar-refractivity contribution in [2.45, 2.75) is 20.0 Å². The number of nitrogens with one attached hydrogen (secondary N) is 1. The number of benzene rings is 1. The molecule has 0 fully saturated rings. The van der Waals surface area contributed by atoms with Crippen LogP contribution in [-0.2, 0) is 13.1 Å². The lowest BCUT2D eigenvalue weighted by molar-refractivity contribution is 0.602. The molecule has 1 N–H and O–H groups in total. The van der Waals surface area contributed by atoms with Gasteiger partial charge in [0.2, 0.25) is 0 Å². The first kappa shape index (κ1) is 11.4. The normalized spacial score (nSPS) is 11.2. The van der Waals surface area contributed by atoms with Gasteiger partial charge in [-0.3, -0.25) is 0 Å². The number of rotatable bonds is 4. The van der Waals surface area contributed by atoms with Crippen LogP contribution in [0, 0.1) is 6.92 Å². The van der Waals surface area contributed by atoms with Gasteiger partial charge < -0.3 is 9.73 Å². The number of aromatic nitrogens is 1. The first-order valence-corrected chi connectivity index (χ1v) is 6.72. The van der Waals surface area contributed by atoms with Crippen LogP contribution in [0.5, 0.6) is 0 Å². The molecule has 1 aromatic carbocycles. The topological polar surface area (TPSA) is 38.1 Å². The van der Waals surface area contributed by atoms with Crippen LogP contribution in [0.25, 0.3) is 11.0 Å². The number of para-hydroxylation sites is 1. The second kappa shape index (κ2) is 4.92. The van der Waals surface area contributed by atoms with Crippen LogP contribution in [0.15, 0.2) is 41.1 Å². The van der Waals surface area contributed by atoms with E-state index in [2.05, 4.69) is 16.4 Å². The van der Waals surface area contributed by atoms with Gasteiger partial charge in [-0.1, -0.05) is 18.2 Å². The first-order chi connectivity index (χ1) is 8.83. The molecule has 3 aromatic rings. The highest BCUT2D eigenvalue weighted by molar-refractivity contribution is 7.11. The number of aryl methyl sites for hydroxylation is 1. The molecule has 92 valence electrons. The maximum Gasteiger partial charge on any atom is 0.134 e. The number of nitrogens with zero attached hydrogens (tertiary/aromatic N) is 1. The summed E-state index contributed by atoms with van der Waals surface area (Å²) < 4.78 is 5.51. The predicted octanol–water partition coefficient (Wildman–Crippen LogP) is 3.49. The van der Waals surface area contributed by atoms with Crippen molar-refractivity contribution in [1.29, 1.82) is 0 Å². The predicted molar refractivity (Wildman–Crippen MR) is 73.6 cm³/mol. The summed E-state index contributed by atoms with van der Waals surface area (Å²) in [5.74, 6) is 0. The van der Waals surface area contributed by atoms with Crippen LogP contribution in [0.4, 0.5) is 0 Å². The molecular weight excluding hydrogens is 244 g/mol. The Kier molecular flexibility index (Phi) is 3.13. The van der Waals surface area contributed by atoms with Gasteiger partial charge in [-0.2, -0.15) is 0 Å². The SMILES string of the molecule is Cc1ncc(CNCc2coc3ccccc23)s1. The van der Waals surface area contributed by atoms with Gasteiger partial charge in [0.15, 0.2) is 0 Å². The lowest BCUT2D eigenvalue weighted by atomic mass is 10.2. The molecule has 0 aliphatic carbocycles. The Morgan fingerprint density at radius 1 is 1.28 bits per heavy atom. The number of hydrogen-bond donors (Lipinski definition) is 1. The summed E-state index contributed by atoms with van der Waals surface area (Å²) >= 11 is 1.73. The molecule has 2 heterocycles. The Bertz CT molecular complexity index is 656. The maximum atomic E-state index is 5.51. The maximum absolute atomic E-state index is 5.51. The highest BCUT2D eigenvalue weighted by atomic mass is 32.1. The molecule has 0 radical (unpaired) electrons. The summed E-state index contributed by atoms with van der Waals surface area (Å²) in [6.07, 6.45) is 3.76. The molecule has 0 aliphatic heterocycles. The number of thiazole rings is 1. The zero-order valence-electron chi connectivity index (χ0n) is 10.1. The van der Waals surface area contributed by atoms with E-state index in [4.69, 9.17) is 4.42 Å². The van der Waals surface area contributed by atoms with Crippen LogP contribution >= 0.6 is 11.3 Å². The average Bonchev–Trinajstić information content (AvgIpc) is 2.97. The molecule has 0 spiro atoms. The summed E-state index contributed by atoms with van der Waals surface area (Å²) in [6, 6.07) is 8.11. The van der Waals surface area contributed by atoms with E-state index in [1.165, 1.54) is 15.8 Å². The zero-order chi connectivity index (χ0) is 12.4. The van der Waals surface area contributed by atoms with Crippen molar-refractivity contribution >= 4 is 22.3 Å². The molecule has 3 rings (SSSR count). The van der Waals surface area contributed by atoms with Crippen molar-refractivity contribution in [2.75, 3.05) is 0 Å². The smallest absolute Gasteiger partial charge is 0.134 e. The number of furan rings is 1. The van der Waals surface area contributed by atoms with Crippen molar-refractivity contribution < 1.29 is 4.42 Å². The highest BCUT2D eigenvalue weighted by Crippen LogP contribution is 2.20. The van der Waals surface area contributed by atoms with Crippen LogP contribution in [0.2, 0.25) is 0 Å². The minimum absolute atomic E-state index is 0.813. The van der Waals surface area contributed by atoms with Crippen molar-refractivity contribution in [3.63, 3.8) is 0 Å². The zero-order valence-corrected chi connectivity index (χ0v) is 11.0. The summed E-state index contributed by atoms with van der Waals surface area (Å²) in [6.45, 7) is 3.69. The molecule has 2 aromatic heterocycles. The van der Waals surface area contributed by atoms with E-state index in [1.54, 1.807) is 11.3 Å². The molecule has 0 atom stereocenters. The van der Waals surface area contributed by atoms with E-state index in [0.717, 1.165) is 23.7 Å². The number of hydrogen-bond acceptors (Lipinski definition) is 4. The Hall–Kier alpha value is -1.65. The molecule has 0 saturated carbocycles. The van der Waals surface area contributed by atoms with Gasteiger partial charge in [0.1, 0.15) is 5.58 Å². The second-order valence-electron chi connectivity index (χ2n) is 4.21. The van der Waals surface area contributed by atoms with Crippen molar-refractivity contribution in [3.05, 3.63) is 52.2 Å². The average molecular weight is 258 g/mol. The van der Waals surface area contributed by atoms with Crippen LogP contribution in [0.3, 0.4) is 0 Å². The minimum atomic E-state index is 0.813. The Labute approximate surface area is 109 Å². The molecule has 0 bridgehead atoms. The molecule has 3 nitrogen and oxygen atoms in total. The van der Waals surface area contributed by atoms with Crippen LogP contribution in [0.1, 0.15) is 15.4 Å². The molecule has 18 heavy (non-hydrogen) atoms. The molecular formula is C14H14N2OS.